The number of benzene rings is 15. The predicted molar refractivity (Wildman–Crippen MR) is 400 cm³/mol. The molecule has 0 N–H and O–H groups in total. The molecule has 0 bridgehead atoms. The van der Waals surface area contributed by atoms with Crippen molar-refractivity contribution in [1.82, 2.24) is 9.13 Å². The van der Waals surface area contributed by atoms with Gasteiger partial charge in [0.05, 0.1) is 27.8 Å². The van der Waals surface area contributed by atoms with Crippen LogP contribution in [0.3, 0.4) is 0 Å². The molecule has 5 heteroatoms. The maximum atomic E-state index is 7.31. The van der Waals surface area contributed by atoms with Crippen LogP contribution >= 0.6 is 0 Å². The van der Waals surface area contributed by atoms with Crippen molar-refractivity contribution in [2.24, 2.45) is 0 Å². The SMILES string of the molecule is c1ccc(-c2ccc(-c3cccc(-c4ccc(-c5ccccc5)cc4)c3N3c4cc5c(cc4B4c6c3cc(-c3ccccc3)cc6-n3c6ccccc6c6c7c8cc(-c9ccccc9)ccc8n(-c8ccccc8)c7cc4c63)oc3cc(-c4ccccc4)ccc35)cc2)cc1. The van der Waals surface area contributed by atoms with E-state index < -0.39 is 0 Å². The van der Waals surface area contributed by atoms with E-state index >= 15 is 0 Å². The minimum absolute atomic E-state index is 0.259. The van der Waals surface area contributed by atoms with Gasteiger partial charge in [0.15, 0.2) is 0 Å². The van der Waals surface area contributed by atoms with Crippen LogP contribution in [0.4, 0.5) is 17.1 Å². The Bertz CT molecular complexity index is 6000. The fourth-order valence-electron chi connectivity index (χ4n) is 16.0. The summed E-state index contributed by atoms with van der Waals surface area (Å²) in [7, 11) is 0. The Labute approximate surface area is 549 Å². The van der Waals surface area contributed by atoms with E-state index in [0.29, 0.717) is 0 Å². The summed E-state index contributed by atoms with van der Waals surface area (Å²) in [5, 5.41) is 7.07. The minimum atomic E-state index is -0.259. The van der Waals surface area contributed by atoms with Crippen LogP contribution in [-0.2, 0) is 0 Å². The van der Waals surface area contributed by atoms with Gasteiger partial charge in [-0.2, -0.15) is 0 Å². The molecule has 0 aliphatic carbocycles. The molecule has 0 atom stereocenters. The summed E-state index contributed by atoms with van der Waals surface area (Å²) in [6.45, 7) is -0.259. The van der Waals surface area contributed by atoms with Crippen LogP contribution in [0.15, 0.2) is 344 Å². The summed E-state index contributed by atoms with van der Waals surface area (Å²) < 4.78 is 12.5. The molecule has 0 fully saturated rings. The third-order valence-corrected chi connectivity index (χ3v) is 20.3. The van der Waals surface area contributed by atoms with Crippen LogP contribution in [-0.4, -0.2) is 15.8 Å². The Hall–Kier alpha value is -12.4. The maximum absolute atomic E-state index is 7.31. The molecule has 0 saturated heterocycles. The Morgan fingerprint density at radius 2 is 0.726 bits per heavy atom. The van der Waals surface area contributed by atoms with Crippen LogP contribution in [0.2, 0.25) is 0 Å². The number of anilines is 3. The first-order chi connectivity index (χ1) is 47.1. The molecule has 20 rings (SSSR count). The number of aromatic nitrogens is 2. The van der Waals surface area contributed by atoms with Crippen LogP contribution in [0.5, 0.6) is 0 Å². The third-order valence-electron chi connectivity index (χ3n) is 20.3. The lowest BCUT2D eigenvalue weighted by Crippen LogP contribution is -2.60. The van der Waals surface area contributed by atoms with E-state index in [4.69, 9.17) is 4.42 Å². The van der Waals surface area contributed by atoms with Gasteiger partial charge in [0.1, 0.15) is 11.2 Å². The highest BCUT2D eigenvalue weighted by atomic mass is 16.3. The fraction of sp³-hybridized carbons (Fsp3) is 0. The summed E-state index contributed by atoms with van der Waals surface area (Å²) in [6, 6.07) is 126. The zero-order valence-corrected chi connectivity index (χ0v) is 51.7. The number of furan rings is 1. The smallest absolute Gasteiger partial charge is 0.252 e. The van der Waals surface area contributed by atoms with E-state index in [9.17, 15) is 0 Å². The molecular formula is C90H56BN3O. The van der Waals surface area contributed by atoms with Crippen LogP contribution < -0.4 is 21.3 Å². The Morgan fingerprint density at radius 1 is 0.253 bits per heavy atom. The van der Waals surface area contributed by atoms with Crippen molar-refractivity contribution in [3.63, 3.8) is 0 Å². The number of para-hydroxylation sites is 3. The van der Waals surface area contributed by atoms with Crippen molar-refractivity contribution >= 4 is 106 Å². The van der Waals surface area contributed by atoms with E-state index in [1.165, 1.54) is 87.9 Å². The molecule has 5 heterocycles. The molecule has 3 aromatic heterocycles. The molecule has 0 saturated carbocycles. The number of fused-ring (bicyclic) bond motifs is 14. The number of rotatable bonds is 9. The molecule has 15 aromatic carbocycles. The van der Waals surface area contributed by atoms with Crippen molar-refractivity contribution in [3.05, 3.63) is 340 Å². The zero-order valence-electron chi connectivity index (χ0n) is 51.7. The monoisotopic (exact) mass is 1210 g/mol. The molecule has 0 spiro atoms. The van der Waals surface area contributed by atoms with Gasteiger partial charge in [0.25, 0.3) is 6.71 Å². The second-order valence-corrected chi connectivity index (χ2v) is 25.4. The molecule has 4 nitrogen and oxygen atoms in total. The maximum Gasteiger partial charge on any atom is 0.252 e. The largest absolute Gasteiger partial charge is 0.456 e. The first kappa shape index (κ1) is 53.2. The second-order valence-electron chi connectivity index (χ2n) is 25.4. The Morgan fingerprint density at radius 3 is 1.34 bits per heavy atom. The normalized spacial score (nSPS) is 12.4. The molecule has 440 valence electrons. The summed E-state index contributed by atoms with van der Waals surface area (Å²) in [4.78, 5) is 2.66. The van der Waals surface area contributed by atoms with E-state index in [1.54, 1.807) is 0 Å². The van der Waals surface area contributed by atoms with Gasteiger partial charge in [-0.05, 0) is 156 Å². The first-order valence-corrected chi connectivity index (χ1v) is 32.8. The molecular weight excluding hydrogens is 1150 g/mol. The average molecular weight is 1210 g/mol. The van der Waals surface area contributed by atoms with Gasteiger partial charge in [-0.1, -0.05) is 267 Å². The van der Waals surface area contributed by atoms with Crippen molar-refractivity contribution in [1.29, 1.82) is 0 Å². The van der Waals surface area contributed by atoms with Gasteiger partial charge >= 0.3 is 0 Å². The van der Waals surface area contributed by atoms with Crippen molar-refractivity contribution < 1.29 is 4.42 Å². The van der Waals surface area contributed by atoms with Gasteiger partial charge in [-0.25, -0.2) is 0 Å². The quantitative estimate of drug-likeness (QED) is 0.135. The molecule has 0 radical (unpaired) electrons. The highest BCUT2D eigenvalue weighted by molar-refractivity contribution is 7.00. The molecule has 2 aliphatic heterocycles. The number of nitrogens with zero attached hydrogens (tertiary/aromatic N) is 3. The first-order valence-electron chi connectivity index (χ1n) is 32.8. The molecule has 95 heavy (non-hydrogen) atoms. The highest BCUT2D eigenvalue weighted by Gasteiger charge is 2.45. The summed E-state index contributed by atoms with van der Waals surface area (Å²) in [6.07, 6.45) is 0. The summed E-state index contributed by atoms with van der Waals surface area (Å²) in [5.41, 5.74) is 31.8. The van der Waals surface area contributed by atoms with E-state index in [0.717, 1.165) is 100 Å². The lowest BCUT2D eigenvalue weighted by atomic mass is 9.33. The number of hydrogen-bond acceptors (Lipinski definition) is 2. The van der Waals surface area contributed by atoms with E-state index in [-0.39, 0.29) is 6.71 Å². The van der Waals surface area contributed by atoms with E-state index in [2.05, 4.69) is 354 Å². The van der Waals surface area contributed by atoms with Crippen LogP contribution in [0, 0.1) is 0 Å². The standard InChI is InChI=1S/C90H56BN3O/c1-7-22-57(23-8-1)62-38-42-64(43-39-62)70-35-21-36-71(65-44-40-63(41-45-65)58-24-9-2-10-25-58)89(70)94-80-54-74-72-48-46-67(60-28-13-4-14-29-60)53-84(72)95-85(74)56-76(80)91-77-55-81-86(75-50-66(59-26-11-3-12-27-59)47-49-79(75)92(81)69-32-17-6-18-33-69)87-73-34-19-20-37-78(73)93(90(77)87)82-51-68(52-83(94)88(82)91)61-30-15-5-16-31-61/h1-56H. The fourth-order valence-corrected chi connectivity index (χ4v) is 16.0. The second kappa shape index (κ2) is 21.1. The van der Waals surface area contributed by atoms with Gasteiger partial charge < -0.3 is 18.5 Å². The topological polar surface area (TPSA) is 26.2 Å². The van der Waals surface area contributed by atoms with Crippen molar-refractivity contribution in [3.8, 4) is 89.3 Å². The Balaban J connectivity index is 0.943. The predicted octanol–water partition coefficient (Wildman–Crippen LogP) is 22.1. The van der Waals surface area contributed by atoms with Gasteiger partial charge in [-0.3, -0.25) is 0 Å². The number of hydrogen-bond donors (Lipinski definition) is 0. The molecule has 0 unspecified atom stereocenters. The van der Waals surface area contributed by atoms with Crippen molar-refractivity contribution in [2.45, 2.75) is 0 Å². The third kappa shape index (κ3) is 8.22. The zero-order chi connectivity index (χ0) is 62.2. The molecule has 18 aromatic rings. The summed E-state index contributed by atoms with van der Waals surface area (Å²) in [5.74, 6) is 0. The molecule has 2 aliphatic rings. The molecule has 0 amide bonds. The highest BCUT2D eigenvalue weighted by Crippen LogP contribution is 2.52. The minimum Gasteiger partial charge on any atom is -0.456 e. The lowest BCUT2D eigenvalue weighted by molar-refractivity contribution is 0.669. The van der Waals surface area contributed by atoms with Crippen LogP contribution in [0.1, 0.15) is 0 Å². The average Bonchev–Trinajstić information content (AvgIpc) is 1.60. The summed E-state index contributed by atoms with van der Waals surface area (Å²) >= 11 is 0. The Kier molecular flexibility index (Phi) is 11.8. The van der Waals surface area contributed by atoms with Gasteiger partial charge in [0, 0.05) is 66.2 Å². The van der Waals surface area contributed by atoms with Crippen molar-refractivity contribution in [2.75, 3.05) is 4.90 Å². The van der Waals surface area contributed by atoms with Crippen LogP contribution in [0.25, 0.3) is 155 Å². The van der Waals surface area contributed by atoms with Gasteiger partial charge in [0.2, 0.25) is 0 Å². The lowest BCUT2D eigenvalue weighted by Gasteiger charge is -2.42. The van der Waals surface area contributed by atoms with E-state index in [1.807, 2.05) is 0 Å². The van der Waals surface area contributed by atoms with Gasteiger partial charge in [-0.15, -0.1) is 0 Å².